The van der Waals surface area contributed by atoms with Crippen LogP contribution in [-0.2, 0) is 14.6 Å². The molecule has 2 aromatic rings. The van der Waals surface area contributed by atoms with Gasteiger partial charge in [0.15, 0.2) is 16.4 Å². The van der Waals surface area contributed by atoms with E-state index in [0.29, 0.717) is 23.5 Å². The molecule has 0 radical (unpaired) electrons. The van der Waals surface area contributed by atoms with Gasteiger partial charge in [0.05, 0.1) is 4.90 Å². The zero-order valence-corrected chi connectivity index (χ0v) is 16.2. The Labute approximate surface area is 158 Å². The van der Waals surface area contributed by atoms with E-state index in [9.17, 15) is 18.0 Å². The van der Waals surface area contributed by atoms with Crippen molar-refractivity contribution in [3.05, 3.63) is 53.6 Å². The second kappa shape index (κ2) is 8.68. The topological polar surface area (TPSA) is 102 Å². The van der Waals surface area contributed by atoms with E-state index < -0.39 is 15.7 Å². The van der Waals surface area contributed by atoms with Crippen molar-refractivity contribution in [2.24, 2.45) is 0 Å². The minimum absolute atomic E-state index is 0.0808. The SMILES string of the molecule is CCNC(=O)COc1cccc(NC(=O)c2cc(S(C)(=O)=O)ccc2C)c1. The van der Waals surface area contributed by atoms with Gasteiger partial charge in [0.2, 0.25) is 0 Å². The fourth-order valence-corrected chi connectivity index (χ4v) is 2.98. The van der Waals surface area contributed by atoms with E-state index in [4.69, 9.17) is 4.74 Å². The number of carbonyl (C=O) groups is 2. The molecule has 7 nitrogen and oxygen atoms in total. The maximum absolute atomic E-state index is 12.6. The highest BCUT2D eigenvalue weighted by Gasteiger charge is 2.15. The largest absolute Gasteiger partial charge is 0.484 e. The number of benzene rings is 2. The van der Waals surface area contributed by atoms with Crippen LogP contribution in [0.25, 0.3) is 0 Å². The third-order valence-corrected chi connectivity index (χ3v) is 4.83. The van der Waals surface area contributed by atoms with Crippen molar-refractivity contribution in [1.82, 2.24) is 5.32 Å². The van der Waals surface area contributed by atoms with Crippen LogP contribution in [0.4, 0.5) is 5.69 Å². The van der Waals surface area contributed by atoms with Crippen molar-refractivity contribution < 1.29 is 22.7 Å². The molecule has 2 amide bonds. The number of rotatable bonds is 7. The van der Waals surface area contributed by atoms with E-state index in [1.807, 2.05) is 6.92 Å². The summed E-state index contributed by atoms with van der Waals surface area (Å²) in [5.74, 6) is -0.236. The molecule has 8 heteroatoms. The summed E-state index contributed by atoms with van der Waals surface area (Å²) in [6.45, 7) is 3.94. The first-order chi connectivity index (χ1) is 12.7. The summed E-state index contributed by atoms with van der Waals surface area (Å²) < 4.78 is 28.8. The molecule has 2 rings (SSSR count). The van der Waals surface area contributed by atoms with E-state index in [2.05, 4.69) is 10.6 Å². The van der Waals surface area contributed by atoms with Gasteiger partial charge >= 0.3 is 0 Å². The highest BCUT2D eigenvalue weighted by Crippen LogP contribution is 2.20. The molecule has 0 fully saturated rings. The van der Waals surface area contributed by atoms with Crippen LogP contribution >= 0.6 is 0 Å². The van der Waals surface area contributed by atoms with Gasteiger partial charge < -0.3 is 15.4 Å². The molecule has 0 spiro atoms. The third-order valence-electron chi connectivity index (χ3n) is 3.72. The van der Waals surface area contributed by atoms with Crippen LogP contribution in [0.5, 0.6) is 5.75 Å². The number of likely N-dealkylation sites (N-methyl/N-ethyl adjacent to an activating group) is 1. The Hall–Kier alpha value is -2.87. The first-order valence-corrected chi connectivity index (χ1v) is 10.2. The van der Waals surface area contributed by atoms with E-state index in [1.165, 1.54) is 12.1 Å². The molecule has 27 heavy (non-hydrogen) atoms. The Morgan fingerprint density at radius 2 is 1.85 bits per heavy atom. The summed E-state index contributed by atoms with van der Waals surface area (Å²) in [6, 6.07) is 11.0. The molecular weight excluding hydrogens is 368 g/mol. The average molecular weight is 390 g/mol. The fraction of sp³-hybridized carbons (Fsp3) is 0.263. The first-order valence-electron chi connectivity index (χ1n) is 8.32. The van der Waals surface area contributed by atoms with Crippen molar-refractivity contribution >= 4 is 27.3 Å². The molecule has 0 aromatic heterocycles. The number of aryl methyl sites for hydroxylation is 1. The second-order valence-electron chi connectivity index (χ2n) is 5.97. The Balaban J connectivity index is 2.14. The number of nitrogens with one attached hydrogen (secondary N) is 2. The summed E-state index contributed by atoms with van der Waals surface area (Å²) in [7, 11) is -3.41. The maximum Gasteiger partial charge on any atom is 0.257 e. The van der Waals surface area contributed by atoms with Gasteiger partial charge in [-0.3, -0.25) is 9.59 Å². The number of sulfone groups is 1. The first kappa shape index (κ1) is 20.4. The molecule has 0 unspecified atom stereocenters. The standard InChI is InChI=1S/C19H22N2O5S/c1-4-20-18(22)12-26-15-7-5-6-14(10-15)21-19(23)17-11-16(27(3,24)25)9-8-13(17)2/h5-11H,4,12H2,1-3H3,(H,20,22)(H,21,23). The van der Waals surface area contributed by atoms with Gasteiger partial charge in [-0.2, -0.15) is 0 Å². The Kier molecular flexibility index (Phi) is 6.57. The molecular formula is C19H22N2O5S. The van der Waals surface area contributed by atoms with Crippen LogP contribution in [0.3, 0.4) is 0 Å². The predicted octanol–water partition coefficient (Wildman–Crippen LogP) is 2.17. The van der Waals surface area contributed by atoms with Gasteiger partial charge in [0.25, 0.3) is 11.8 Å². The Bertz CT molecular complexity index is 954. The Morgan fingerprint density at radius 1 is 1.11 bits per heavy atom. The number of anilines is 1. The zero-order valence-electron chi connectivity index (χ0n) is 15.4. The lowest BCUT2D eigenvalue weighted by atomic mass is 10.1. The summed E-state index contributed by atoms with van der Waals surface area (Å²) in [5.41, 5.74) is 1.40. The van der Waals surface area contributed by atoms with Gasteiger partial charge in [-0.1, -0.05) is 12.1 Å². The van der Waals surface area contributed by atoms with Crippen molar-refractivity contribution in [2.45, 2.75) is 18.7 Å². The lowest BCUT2D eigenvalue weighted by Gasteiger charge is -2.11. The molecule has 0 aliphatic rings. The van der Waals surface area contributed by atoms with Crippen molar-refractivity contribution in [3.63, 3.8) is 0 Å². The maximum atomic E-state index is 12.6. The molecule has 0 aliphatic heterocycles. The highest BCUT2D eigenvalue weighted by molar-refractivity contribution is 7.90. The minimum atomic E-state index is -3.41. The van der Waals surface area contributed by atoms with Crippen LogP contribution < -0.4 is 15.4 Å². The van der Waals surface area contributed by atoms with E-state index in [1.54, 1.807) is 37.3 Å². The summed E-state index contributed by atoms with van der Waals surface area (Å²) in [6.07, 6.45) is 1.09. The van der Waals surface area contributed by atoms with E-state index in [0.717, 1.165) is 6.26 Å². The summed E-state index contributed by atoms with van der Waals surface area (Å²) >= 11 is 0. The molecule has 0 heterocycles. The number of amides is 2. The summed E-state index contributed by atoms with van der Waals surface area (Å²) in [5, 5.41) is 5.34. The normalized spacial score (nSPS) is 10.9. The summed E-state index contributed by atoms with van der Waals surface area (Å²) in [4.78, 5) is 24.1. The number of hydrogen-bond acceptors (Lipinski definition) is 5. The lowest BCUT2D eigenvalue weighted by Crippen LogP contribution is -2.28. The van der Waals surface area contributed by atoms with E-state index in [-0.39, 0.29) is 23.0 Å². The molecule has 0 saturated carbocycles. The molecule has 0 atom stereocenters. The van der Waals surface area contributed by atoms with Gasteiger partial charge in [0.1, 0.15) is 5.75 Å². The quantitative estimate of drug-likeness (QED) is 0.754. The molecule has 0 aliphatic carbocycles. The lowest BCUT2D eigenvalue weighted by molar-refractivity contribution is -0.122. The van der Waals surface area contributed by atoms with Crippen LogP contribution in [0.15, 0.2) is 47.4 Å². The van der Waals surface area contributed by atoms with Crippen LogP contribution in [0.1, 0.15) is 22.8 Å². The number of ether oxygens (including phenoxy) is 1. The molecule has 2 N–H and O–H groups in total. The monoisotopic (exact) mass is 390 g/mol. The number of hydrogen-bond donors (Lipinski definition) is 2. The van der Waals surface area contributed by atoms with Gasteiger partial charge in [-0.05, 0) is 43.7 Å². The molecule has 144 valence electrons. The van der Waals surface area contributed by atoms with E-state index >= 15 is 0 Å². The van der Waals surface area contributed by atoms with Crippen molar-refractivity contribution in [1.29, 1.82) is 0 Å². The van der Waals surface area contributed by atoms with Crippen molar-refractivity contribution in [3.8, 4) is 5.75 Å². The smallest absolute Gasteiger partial charge is 0.257 e. The fourth-order valence-electron chi connectivity index (χ4n) is 2.34. The number of carbonyl (C=O) groups excluding carboxylic acids is 2. The van der Waals surface area contributed by atoms with Gasteiger partial charge in [-0.25, -0.2) is 8.42 Å². The second-order valence-corrected chi connectivity index (χ2v) is 7.99. The van der Waals surface area contributed by atoms with Gasteiger partial charge in [-0.15, -0.1) is 0 Å². The van der Waals surface area contributed by atoms with Crippen molar-refractivity contribution in [2.75, 3.05) is 24.7 Å². The highest BCUT2D eigenvalue weighted by atomic mass is 32.2. The third kappa shape index (κ3) is 5.82. The Morgan fingerprint density at radius 3 is 2.52 bits per heavy atom. The predicted molar refractivity (Wildman–Crippen MR) is 103 cm³/mol. The van der Waals surface area contributed by atoms with Crippen LogP contribution in [0.2, 0.25) is 0 Å². The van der Waals surface area contributed by atoms with Gasteiger partial charge in [0, 0.05) is 30.1 Å². The molecule has 0 bridgehead atoms. The van der Waals surface area contributed by atoms with Crippen LogP contribution in [0, 0.1) is 6.92 Å². The zero-order chi connectivity index (χ0) is 20.0. The van der Waals surface area contributed by atoms with Crippen LogP contribution in [-0.4, -0.2) is 39.6 Å². The average Bonchev–Trinajstić information content (AvgIpc) is 2.60. The molecule has 2 aromatic carbocycles. The minimum Gasteiger partial charge on any atom is -0.484 e. The molecule has 0 saturated heterocycles.